The first-order chi connectivity index (χ1) is 35.6. The lowest BCUT2D eigenvalue weighted by Crippen LogP contribution is -2.47. The van der Waals surface area contributed by atoms with E-state index in [4.69, 9.17) is 70.6 Å². The van der Waals surface area contributed by atoms with Crippen molar-refractivity contribution in [3.63, 3.8) is 0 Å². The Morgan fingerprint density at radius 1 is 1.05 bits per heavy atom. The summed E-state index contributed by atoms with van der Waals surface area (Å²) in [5, 5.41) is 20.6. The number of nitro benzene ring substituents is 1. The average molecular weight is 1230 g/mol. The predicted molar refractivity (Wildman–Crippen MR) is 292 cm³/mol. The van der Waals surface area contributed by atoms with Crippen LogP contribution in [0.3, 0.4) is 0 Å². The Morgan fingerprint density at radius 2 is 1.66 bits per heavy atom. The van der Waals surface area contributed by atoms with Gasteiger partial charge < -0.3 is 43.5 Å². The quantitative estimate of drug-likeness (QED) is 0.0270. The van der Waals surface area contributed by atoms with E-state index in [1.54, 1.807) is 21.6 Å². The molecule has 30 heteroatoms. The van der Waals surface area contributed by atoms with Crippen LogP contribution < -0.4 is 34.2 Å². The monoisotopic (exact) mass is 1230 g/mol. The van der Waals surface area contributed by atoms with Gasteiger partial charge in [-0.1, -0.05) is 72.1 Å². The van der Waals surface area contributed by atoms with Gasteiger partial charge in [0.1, 0.15) is 42.9 Å². The smallest absolute Gasteiger partial charge is 0.416 e. The summed E-state index contributed by atoms with van der Waals surface area (Å²) < 4.78 is 87.9. The second-order valence-corrected chi connectivity index (χ2v) is 24.1. The van der Waals surface area contributed by atoms with Crippen molar-refractivity contribution < 1.29 is 79.4 Å². The Balaban J connectivity index is 0.000000529. The van der Waals surface area contributed by atoms with Crippen LogP contribution in [0.15, 0.2) is 78.9 Å². The maximum atomic E-state index is 12.7. The van der Waals surface area contributed by atoms with E-state index < -0.39 is 80.1 Å². The van der Waals surface area contributed by atoms with Crippen molar-refractivity contribution in [1.29, 1.82) is 0 Å². The van der Waals surface area contributed by atoms with Gasteiger partial charge in [0, 0.05) is 19.2 Å². The van der Waals surface area contributed by atoms with Crippen LogP contribution in [-0.4, -0.2) is 128 Å². The Labute approximate surface area is 467 Å². The molecule has 5 rings (SSSR count). The van der Waals surface area contributed by atoms with Gasteiger partial charge in [-0.2, -0.15) is 13.2 Å². The van der Waals surface area contributed by atoms with Gasteiger partial charge >= 0.3 is 12.1 Å². The number of alkyl halides is 6. The fourth-order valence-electron chi connectivity index (χ4n) is 6.40. The van der Waals surface area contributed by atoms with E-state index in [0.29, 0.717) is 48.2 Å². The zero-order chi connectivity index (χ0) is 59.2. The van der Waals surface area contributed by atoms with E-state index in [-0.39, 0.29) is 41.3 Å². The van der Waals surface area contributed by atoms with Gasteiger partial charge in [-0.25, -0.2) is 13.1 Å². The van der Waals surface area contributed by atoms with Gasteiger partial charge in [0.15, 0.2) is 4.84 Å². The van der Waals surface area contributed by atoms with Crippen LogP contribution in [0.1, 0.15) is 47.8 Å². The summed E-state index contributed by atoms with van der Waals surface area (Å²) in [6.07, 6.45) is 2.81. The van der Waals surface area contributed by atoms with Crippen LogP contribution in [-0.2, 0) is 57.2 Å². The van der Waals surface area contributed by atoms with E-state index >= 15 is 0 Å². The van der Waals surface area contributed by atoms with Gasteiger partial charge in [-0.3, -0.25) is 34.6 Å². The number of aryl methyl sites for hydroxylation is 2. The number of nitrogens with one attached hydrogen (secondary N) is 2. The molecule has 3 amide bonds. The third kappa shape index (κ3) is 25.2. The molecule has 0 saturated carbocycles. The van der Waals surface area contributed by atoms with Crippen molar-refractivity contribution in [1.82, 2.24) is 10.0 Å². The highest BCUT2D eigenvalue weighted by molar-refractivity contribution is 7.94. The lowest BCUT2D eigenvalue weighted by molar-refractivity contribution is -0.385. The lowest BCUT2D eigenvalue weighted by atomic mass is 10.0. The first kappa shape index (κ1) is 70.1. The number of methoxy groups -OCH3 is 1. The van der Waals surface area contributed by atoms with Gasteiger partial charge in [0.2, 0.25) is 15.9 Å². The number of fused-ring (bicyclic) bond motifs is 1. The molecule has 77 heavy (non-hydrogen) atoms. The van der Waals surface area contributed by atoms with Gasteiger partial charge in [0.05, 0.1) is 83.4 Å². The number of rotatable bonds is 16. The molecular formula is C47H59Cl4F3N5O15PS2. The fourth-order valence-corrected chi connectivity index (χ4v) is 7.80. The molecule has 0 fully saturated rings. The summed E-state index contributed by atoms with van der Waals surface area (Å²) in [4.78, 5) is 76.3. The number of nitrogens with zero attached hydrogens (tertiary/aromatic N) is 3. The number of hydrogen-bond donors (Lipinski definition) is 4. The van der Waals surface area contributed by atoms with Crippen LogP contribution in [0.5, 0.6) is 17.2 Å². The molecule has 4 N–H and O–H groups in total. The molecule has 1 aliphatic heterocycles. The second-order valence-electron chi connectivity index (χ2n) is 16.5. The third-order valence-corrected chi connectivity index (χ3v) is 11.5. The number of benzene rings is 4. The fraction of sp³-hybridized carbons (Fsp3) is 0.404. The SMILES string of the molecule is CC1COc2ccccc2N1C(=O)C(Cl)Cl.CCc1cccc(C)c1N(C(=O)CCl)C(C)COC.CS(=O)(=O)NC(=O)c1cc(Oc2ccc(C(F)(F)F)cc2Cl)ccc1[N+](=O)[O-].C[S+](C)C.O=C(O)CNCP(=O)([O-])O. The molecule has 0 spiro atoms. The Bertz CT molecular complexity index is 2800. The molecule has 0 aliphatic carbocycles. The predicted octanol–water partition coefficient (Wildman–Crippen LogP) is 8.17. The zero-order valence-corrected chi connectivity index (χ0v) is 48.5. The van der Waals surface area contributed by atoms with Crippen molar-refractivity contribution in [2.75, 3.05) is 73.9 Å². The van der Waals surface area contributed by atoms with Crippen molar-refractivity contribution in [2.45, 2.75) is 57.2 Å². The summed E-state index contributed by atoms with van der Waals surface area (Å²) in [6.45, 7) is 8.42. The van der Waals surface area contributed by atoms with E-state index in [9.17, 15) is 60.3 Å². The van der Waals surface area contributed by atoms with Gasteiger partial charge in [-0.15, -0.1) is 11.6 Å². The van der Waals surface area contributed by atoms with Crippen molar-refractivity contribution in [2.24, 2.45) is 0 Å². The summed E-state index contributed by atoms with van der Waals surface area (Å²) in [5.41, 5.74) is 1.59. The number of hydrogen-bond acceptors (Lipinski definition) is 14. The molecule has 3 atom stereocenters. The minimum atomic E-state index is -4.62. The Kier molecular flexibility index (Phi) is 29.9. The van der Waals surface area contributed by atoms with Crippen LogP contribution in [0.25, 0.3) is 0 Å². The maximum Gasteiger partial charge on any atom is 0.416 e. The molecule has 20 nitrogen and oxygen atoms in total. The van der Waals surface area contributed by atoms with E-state index in [1.807, 2.05) is 62.5 Å². The molecule has 0 bridgehead atoms. The minimum absolute atomic E-state index is 0.0223. The number of para-hydroxylation sites is 3. The van der Waals surface area contributed by atoms with Gasteiger partial charge in [0.25, 0.3) is 17.5 Å². The standard InChI is InChI=1S/C15H10ClF3N2O6S.C15H22ClNO2.C11H11Cl2NO2.C3H8NO5P.C3H9S/c1-28(25,26)20-14(22)10-7-9(3-4-12(10)21(23)24)27-13-5-2-8(6-11(13)16)15(17,18)19;1-5-13-8-6-7-11(2)15(13)17(14(18)9-16)12(3)10-19-4;1-7-6-16-9-5-3-2-4-8(9)14(7)11(15)10(12)13;5-3(6)1-4-2-10(7,8)9;1-4(2)3/h2-7H,1H3,(H,20,22);6-8,12H,5,9-10H2,1-4H3;2-5,7,10H,6H2,1H3;4H,1-2H2,(H,5,6)(H2,7,8,9);1-3H3/q;;;;+1/p-1. The topological polar surface area (TPSA) is 284 Å². The third-order valence-electron chi connectivity index (χ3n) is 9.41. The number of carboxylic acids is 1. The van der Waals surface area contributed by atoms with Crippen molar-refractivity contribution in [3.05, 3.63) is 116 Å². The molecule has 3 unspecified atom stereocenters. The highest BCUT2D eigenvalue weighted by atomic mass is 35.5. The first-order valence-corrected chi connectivity index (χ1v) is 30.1. The molecular weight excluding hydrogens is 1170 g/mol. The number of anilines is 2. The number of amides is 3. The summed E-state index contributed by atoms with van der Waals surface area (Å²) in [6, 6.07) is 18.4. The van der Waals surface area contributed by atoms with Crippen LogP contribution >= 0.6 is 54.0 Å². The van der Waals surface area contributed by atoms with E-state index in [2.05, 4.69) is 31.8 Å². The summed E-state index contributed by atoms with van der Waals surface area (Å²) in [5.74, 6) is -2.59. The number of halogens is 7. The number of carboxylic acid groups (broad SMARTS) is 1. The highest BCUT2D eigenvalue weighted by Gasteiger charge is 2.33. The lowest BCUT2D eigenvalue weighted by Gasteiger charge is -2.35. The number of carbonyl (C=O) groups excluding carboxylic acids is 3. The number of carbonyl (C=O) groups is 4. The number of nitro groups is 1. The molecule has 4 aromatic carbocycles. The highest BCUT2D eigenvalue weighted by Crippen LogP contribution is 2.38. The van der Waals surface area contributed by atoms with Crippen LogP contribution in [0.2, 0.25) is 5.02 Å². The second kappa shape index (κ2) is 32.9. The number of aliphatic carboxylic acids is 1. The van der Waals surface area contributed by atoms with E-state index in [0.717, 1.165) is 53.2 Å². The molecule has 1 heterocycles. The van der Waals surface area contributed by atoms with Crippen LogP contribution in [0, 0.1) is 17.0 Å². The molecule has 4 aromatic rings. The number of ether oxygens (including phenoxy) is 3. The van der Waals surface area contributed by atoms with E-state index in [1.165, 1.54) is 0 Å². The summed E-state index contributed by atoms with van der Waals surface area (Å²) in [7, 11) is -6.07. The molecule has 0 radical (unpaired) electrons. The van der Waals surface area contributed by atoms with Gasteiger partial charge in [-0.05, 0) is 85.6 Å². The normalized spacial score (nSPS) is 13.9. The van der Waals surface area contributed by atoms with Crippen molar-refractivity contribution >= 4 is 116 Å². The summed E-state index contributed by atoms with van der Waals surface area (Å²) >= 11 is 22.8. The van der Waals surface area contributed by atoms with Crippen LogP contribution in [0.4, 0.5) is 30.2 Å². The first-order valence-electron chi connectivity index (χ1n) is 22.2. The number of sulfonamides is 1. The maximum absolute atomic E-state index is 12.7. The zero-order valence-electron chi connectivity index (χ0n) is 42.9. The Morgan fingerprint density at radius 3 is 2.16 bits per heavy atom. The molecule has 1 aliphatic rings. The average Bonchev–Trinajstić information content (AvgIpc) is 3.31. The van der Waals surface area contributed by atoms with Crippen molar-refractivity contribution in [3.8, 4) is 17.2 Å². The molecule has 428 valence electrons. The molecule has 0 saturated heterocycles. The minimum Gasteiger partial charge on any atom is -0.778 e. The molecule has 0 aromatic heterocycles. The largest absolute Gasteiger partial charge is 0.778 e. The Hall–Kier alpha value is -4.92.